The Hall–Kier alpha value is -1.75. The minimum Gasteiger partial charge on any atom is -0.495 e. The normalized spacial score (nSPS) is 16.1. The number of amides is 1. The summed E-state index contributed by atoms with van der Waals surface area (Å²) >= 11 is 0. The average molecular weight is 264 g/mol. The van der Waals surface area contributed by atoms with E-state index in [1.165, 1.54) is 0 Å². The highest BCUT2D eigenvalue weighted by molar-refractivity contribution is 5.91. The van der Waals surface area contributed by atoms with Crippen LogP contribution >= 0.6 is 0 Å². The largest absolute Gasteiger partial charge is 0.495 e. The Bertz CT molecular complexity index is 442. The van der Waals surface area contributed by atoms with E-state index in [1.54, 1.807) is 25.3 Å². The van der Waals surface area contributed by atoms with Gasteiger partial charge in [-0.25, -0.2) is 0 Å². The third-order valence-electron chi connectivity index (χ3n) is 3.33. The molecule has 2 rings (SSSR count). The fourth-order valence-electron chi connectivity index (χ4n) is 2.24. The van der Waals surface area contributed by atoms with Crippen molar-refractivity contribution in [2.45, 2.75) is 19.3 Å². The summed E-state index contributed by atoms with van der Waals surface area (Å²) in [7, 11) is 1.56. The molecule has 0 spiro atoms. The van der Waals surface area contributed by atoms with Crippen LogP contribution in [0, 0.1) is 5.92 Å². The Balaban J connectivity index is 1.89. The molecule has 1 aromatic rings. The summed E-state index contributed by atoms with van der Waals surface area (Å²) in [6.45, 7) is 1.51. The zero-order valence-electron chi connectivity index (χ0n) is 11.1. The van der Waals surface area contributed by atoms with E-state index < -0.39 is 0 Å². The van der Waals surface area contributed by atoms with E-state index in [0.717, 1.165) is 26.1 Å². The van der Waals surface area contributed by atoms with E-state index in [9.17, 15) is 4.79 Å². The quantitative estimate of drug-likeness (QED) is 0.816. The summed E-state index contributed by atoms with van der Waals surface area (Å²) in [6, 6.07) is 5.25. The third-order valence-corrected chi connectivity index (χ3v) is 3.33. The molecule has 5 nitrogen and oxygen atoms in total. The molecule has 0 atom stereocenters. The Labute approximate surface area is 113 Å². The van der Waals surface area contributed by atoms with Gasteiger partial charge in [-0.3, -0.25) is 4.79 Å². The molecule has 0 saturated carbocycles. The first-order chi connectivity index (χ1) is 9.19. The molecular weight excluding hydrogens is 244 g/mol. The molecule has 0 aromatic heterocycles. The van der Waals surface area contributed by atoms with Crippen molar-refractivity contribution in [2.75, 3.05) is 31.4 Å². The van der Waals surface area contributed by atoms with Crippen LogP contribution in [0.2, 0.25) is 0 Å². The lowest BCUT2D eigenvalue weighted by molar-refractivity contribution is -0.117. The monoisotopic (exact) mass is 264 g/mol. The maximum Gasteiger partial charge on any atom is 0.224 e. The smallest absolute Gasteiger partial charge is 0.224 e. The van der Waals surface area contributed by atoms with Crippen LogP contribution in [-0.2, 0) is 9.53 Å². The highest BCUT2D eigenvalue weighted by Crippen LogP contribution is 2.25. The number of nitrogen functional groups attached to an aromatic ring is 1. The van der Waals surface area contributed by atoms with Crippen molar-refractivity contribution >= 4 is 17.3 Å². The molecule has 3 N–H and O–H groups in total. The molecule has 0 radical (unpaired) electrons. The molecule has 1 fully saturated rings. The van der Waals surface area contributed by atoms with Gasteiger partial charge in [0, 0.05) is 25.3 Å². The highest BCUT2D eigenvalue weighted by Gasteiger charge is 2.17. The molecule has 1 aliphatic rings. The van der Waals surface area contributed by atoms with E-state index in [-0.39, 0.29) is 5.91 Å². The zero-order chi connectivity index (χ0) is 13.7. The number of methoxy groups -OCH3 is 1. The van der Waals surface area contributed by atoms with E-state index >= 15 is 0 Å². The van der Waals surface area contributed by atoms with E-state index in [4.69, 9.17) is 15.2 Å². The molecule has 1 amide bonds. The molecule has 1 heterocycles. The van der Waals surface area contributed by atoms with Crippen LogP contribution in [0.25, 0.3) is 0 Å². The first-order valence-electron chi connectivity index (χ1n) is 6.50. The van der Waals surface area contributed by atoms with Gasteiger partial charge in [0.05, 0.1) is 12.8 Å². The Morgan fingerprint density at radius 2 is 2.21 bits per heavy atom. The first-order valence-corrected chi connectivity index (χ1v) is 6.50. The minimum absolute atomic E-state index is 0.0245. The molecule has 1 aromatic carbocycles. The second-order valence-corrected chi connectivity index (χ2v) is 4.76. The van der Waals surface area contributed by atoms with Crippen LogP contribution in [0.5, 0.6) is 5.75 Å². The maximum atomic E-state index is 11.9. The number of nitrogens with one attached hydrogen (secondary N) is 1. The molecule has 19 heavy (non-hydrogen) atoms. The molecule has 0 unspecified atom stereocenters. The first kappa shape index (κ1) is 13.7. The number of nitrogens with two attached hydrogens (primary N) is 1. The van der Waals surface area contributed by atoms with Crippen molar-refractivity contribution in [1.29, 1.82) is 0 Å². The van der Waals surface area contributed by atoms with Gasteiger partial charge in [0.15, 0.2) is 0 Å². The van der Waals surface area contributed by atoms with Gasteiger partial charge in [0.2, 0.25) is 5.91 Å². The lowest BCUT2D eigenvalue weighted by atomic mass is 9.96. The number of anilines is 2. The Morgan fingerprint density at radius 3 is 2.84 bits per heavy atom. The van der Waals surface area contributed by atoms with Gasteiger partial charge < -0.3 is 20.5 Å². The molecule has 0 bridgehead atoms. The Morgan fingerprint density at radius 1 is 1.47 bits per heavy atom. The summed E-state index contributed by atoms with van der Waals surface area (Å²) in [6.07, 6.45) is 2.45. The van der Waals surface area contributed by atoms with Gasteiger partial charge in [0.1, 0.15) is 5.75 Å². The van der Waals surface area contributed by atoms with Crippen molar-refractivity contribution in [3.63, 3.8) is 0 Å². The SMILES string of the molecule is COc1ccc(NC(=O)CC2CCOCC2)cc1N. The summed E-state index contributed by atoms with van der Waals surface area (Å²) in [5.41, 5.74) is 7.02. The van der Waals surface area contributed by atoms with Crippen molar-refractivity contribution in [2.24, 2.45) is 5.92 Å². The third kappa shape index (κ3) is 3.86. The highest BCUT2D eigenvalue weighted by atomic mass is 16.5. The van der Waals surface area contributed by atoms with Crippen molar-refractivity contribution < 1.29 is 14.3 Å². The maximum absolute atomic E-state index is 11.9. The summed E-state index contributed by atoms with van der Waals surface area (Å²) < 4.78 is 10.4. The van der Waals surface area contributed by atoms with Gasteiger partial charge in [-0.2, -0.15) is 0 Å². The van der Waals surface area contributed by atoms with Crippen molar-refractivity contribution in [3.8, 4) is 5.75 Å². The number of carbonyl (C=O) groups excluding carboxylic acids is 1. The number of rotatable bonds is 4. The van der Waals surface area contributed by atoms with Gasteiger partial charge >= 0.3 is 0 Å². The van der Waals surface area contributed by atoms with Crippen LogP contribution in [0.4, 0.5) is 11.4 Å². The van der Waals surface area contributed by atoms with Crippen LogP contribution < -0.4 is 15.8 Å². The van der Waals surface area contributed by atoms with Crippen molar-refractivity contribution in [3.05, 3.63) is 18.2 Å². The number of hydrogen-bond donors (Lipinski definition) is 2. The molecule has 5 heteroatoms. The van der Waals surface area contributed by atoms with E-state index in [1.807, 2.05) is 0 Å². The molecular formula is C14H20N2O3. The standard InChI is InChI=1S/C14H20N2O3/c1-18-13-3-2-11(9-12(13)15)16-14(17)8-10-4-6-19-7-5-10/h2-3,9-10H,4-8,15H2,1H3,(H,16,17). The van der Waals surface area contributed by atoms with E-state index in [0.29, 0.717) is 29.5 Å². The second kappa shape index (κ2) is 6.43. The van der Waals surface area contributed by atoms with Gasteiger partial charge in [-0.1, -0.05) is 0 Å². The van der Waals surface area contributed by atoms with Gasteiger partial charge in [-0.05, 0) is 37.0 Å². The Kier molecular flexibility index (Phi) is 4.63. The summed E-state index contributed by atoms with van der Waals surface area (Å²) in [5.74, 6) is 1.06. The van der Waals surface area contributed by atoms with Gasteiger partial charge in [-0.15, -0.1) is 0 Å². The van der Waals surface area contributed by atoms with Crippen molar-refractivity contribution in [1.82, 2.24) is 0 Å². The van der Waals surface area contributed by atoms with Crippen LogP contribution in [0.15, 0.2) is 18.2 Å². The number of carbonyl (C=O) groups is 1. The van der Waals surface area contributed by atoms with Crippen LogP contribution in [0.1, 0.15) is 19.3 Å². The zero-order valence-corrected chi connectivity index (χ0v) is 11.1. The molecule has 0 aliphatic carbocycles. The molecule has 1 saturated heterocycles. The minimum atomic E-state index is 0.0245. The average Bonchev–Trinajstić information content (AvgIpc) is 2.40. The molecule has 1 aliphatic heterocycles. The lowest BCUT2D eigenvalue weighted by Gasteiger charge is -2.21. The summed E-state index contributed by atoms with van der Waals surface area (Å²) in [5, 5.41) is 2.87. The second-order valence-electron chi connectivity index (χ2n) is 4.76. The predicted molar refractivity (Wildman–Crippen MR) is 74.2 cm³/mol. The summed E-state index contributed by atoms with van der Waals surface area (Å²) in [4.78, 5) is 11.9. The molecule has 104 valence electrons. The lowest BCUT2D eigenvalue weighted by Crippen LogP contribution is -2.22. The van der Waals surface area contributed by atoms with Gasteiger partial charge in [0.25, 0.3) is 0 Å². The number of hydrogen-bond acceptors (Lipinski definition) is 4. The van der Waals surface area contributed by atoms with Crippen LogP contribution in [0.3, 0.4) is 0 Å². The topological polar surface area (TPSA) is 73.6 Å². The van der Waals surface area contributed by atoms with Crippen LogP contribution in [-0.4, -0.2) is 26.2 Å². The van der Waals surface area contributed by atoms with E-state index in [2.05, 4.69) is 5.32 Å². The fraction of sp³-hybridized carbons (Fsp3) is 0.500. The predicted octanol–water partition coefficient (Wildman–Crippen LogP) is 2.03. The number of benzene rings is 1. The number of ether oxygens (including phenoxy) is 2. The fourth-order valence-corrected chi connectivity index (χ4v) is 2.24.